The first-order valence-electron chi connectivity index (χ1n) is 18.0. The molecule has 252 valence electrons. The van der Waals surface area contributed by atoms with E-state index in [4.69, 9.17) is 23.8 Å². The summed E-state index contributed by atoms with van der Waals surface area (Å²) in [6, 6.07) is 60.4. The predicted octanol–water partition coefficient (Wildman–Crippen LogP) is 13.2. The van der Waals surface area contributed by atoms with Crippen LogP contribution in [0.2, 0.25) is 0 Å². The van der Waals surface area contributed by atoms with Gasteiger partial charge in [0, 0.05) is 43.6 Å². The molecule has 5 heteroatoms. The van der Waals surface area contributed by atoms with Crippen LogP contribution in [-0.4, -0.2) is 15.0 Å². The Balaban J connectivity index is 1.12. The zero-order chi connectivity index (χ0) is 35.6. The summed E-state index contributed by atoms with van der Waals surface area (Å²) in [6.45, 7) is 0. The minimum Gasteiger partial charge on any atom is -0.456 e. The number of hydrogen-bond acceptors (Lipinski definition) is 5. The topological polar surface area (TPSA) is 65.0 Å². The van der Waals surface area contributed by atoms with E-state index in [1.807, 2.05) is 54.6 Å². The smallest absolute Gasteiger partial charge is 0.164 e. The molecular weight excluding hydrogens is 663 g/mol. The minimum atomic E-state index is 0.580. The highest BCUT2D eigenvalue weighted by atomic mass is 16.3. The molecule has 54 heavy (non-hydrogen) atoms. The molecule has 0 radical (unpaired) electrons. The van der Waals surface area contributed by atoms with Crippen LogP contribution in [0.15, 0.2) is 185 Å². The number of hydrogen-bond donors (Lipinski definition) is 0. The number of fused-ring (bicyclic) bond motifs is 8. The van der Waals surface area contributed by atoms with Crippen molar-refractivity contribution in [2.75, 3.05) is 0 Å². The second-order valence-electron chi connectivity index (χ2n) is 13.6. The molecule has 11 rings (SSSR count). The Kier molecular flexibility index (Phi) is 6.79. The summed E-state index contributed by atoms with van der Waals surface area (Å²) in [5, 5.41) is 6.38. The molecule has 0 amide bonds. The summed E-state index contributed by atoms with van der Waals surface area (Å²) in [4.78, 5) is 15.5. The highest BCUT2D eigenvalue weighted by Gasteiger charge is 2.18. The monoisotopic (exact) mass is 691 g/mol. The summed E-state index contributed by atoms with van der Waals surface area (Å²) in [7, 11) is 0. The fraction of sp³-hybridized carbons (Fsp3) is 0. The molecule has 0 fully saturated rings. The number of rotatable bonds is 5. The second kappa shape index (κ2) is 12.1. The summed E-state index contributed by atoms with van der Waals surface area (Å²) >= 11 is 0. The van der Waals surface area contributed by atoms with Gasteiger partial charge in [0.25, 0.3) is 0 Å². The Morgan fingerprint density at radius 2 is 0.907 bits per heavy atom. The van der Waals surface area contributed by atoms with Gasteiger partial charge in [0.2, 0.25) is 0 Å². The average Bonchev–Trinajstić information content (AvgIpc) is 3.82. The number of benzene rings is 8. The van der Waals surface area contributed by atoms with Crippen molar-refractivity contribution in [2.24, 2.45) is 0 Å². The van der Waals surface area contributed by atoms with Gasteiger partial charge in [0.05, 0.1) is 0 Å². The predicted molar refractivity (Wildman–Crippen MR) is 219 cm³/mol. The highest BCUT2D eigenvalue weighted by Crippen LogP contribution is 2.40. The molecule has 0 atom stereocenters. The summed E-state index contributed by atoms with van der Waals surface area (Å²) < 4.78 is 12.8. The quantitative estimate of drug-likeness (QED) is 0.180. The van der Waals surface area contributed by atoms with Crippen molar-refractivity contribution in [1.29, 1.82) is 0 Å². The maximum atomic E-state index is 6.45. The first-order valence-corrected chi connectivity index (χ1v) is 18.0. The van der Waals surface area contributed by atoms with Gasteiger partial charge in [-0.1, -0.05) is 121 Å². The molecule has 0 N–H and O–H groups in total. The van der Waals surface area contributed by atoms with Crippen molar-refractivity contribution in [1.82, 2.24) is 15.0 Å². The van der Waals surface area contributed by atoms with Crippen molar-refractivity contribution in [2.45, 2.75) is 0 Å². The fourth-order valence-electron chi connectivity index (χ4n) is 7.70. The molecule has 0 unspecified atom stereocenters. The molecule has 8 aromatic carbocycles. The van der Waals surface area contributed by atoms with Gasteiger partial charge in [0.15, 0.2) is 17.5 Å². The van der Waals surface area contributed by atoms with Crippen LogP contribution in [0.25, 0.3) is 111 Å². The number of nitrogens with zero attached hydrogens (tertiary/aromatic N) is 3. The summed E-state index contributed by atoms with van der Waals surface area (Å²) in [6.07, 6.45) is 0. The lowest BCUT2D eigenvalue weighted by Gasteiger charge is -2.10. The average molecular weight is 692 g/mol. The lowest BCUT2D eigenvalue weighted by Crippen LogP contribution is -2.00. The van der Waals surface area contributed by atoms with E-state index in [2.05, 4.69) is 121 Å². The van der Waals surface area contributed by atoms with E-state index in [0.717, 1.165) is 93.6 Å². The molecule has 0 bridgehead atoms. The summed E-state index contributed by atoms with van der Waals surface area (Å²) in [5.41, 5.74) is 10.5. The molecule has 3 heterocycles. The Morgan fingerprint density at radius 3 is 1.67 bits per heavy atom. The molecule has 0 aliphatic heterocycles. The second-order valence-corrected chi connectivity index (χ2v) is 13.6. The molecule has 0 aliphatic rings. The van der Waals surface area contributed by atoms with Crippen molar-refractivity contribution in [3.8, 4) is 56.4 Å². The zero-order valence-corrected chi connectivity index (χ0v) is 28.9. The fourth-order valence-corrected chi connectivity index (χ4v) is 7.70. The molecule has 0 aliphatic carbocycles. The van der Waals surface area contributed by atoms with Crippen LogP contribution in [0, 0.1) is 0 Å². The molecule has 11 aromatic rings. The van der Waals surface area contributed by atoms with E-state index in [9.17, 15) is 0 Å². The van der Waals surface area contributed by atoms with Gasteiger partial charge in [-0.2, -0.15) is 0 Å². The van der Waals surface area contributed by atoms with E-state index in [1.165, 1.54) is 0 Å². The van der Waals surface area contributed by atoms with E-state index in [-0.39, 0.29) is 0 Å². The normalized spacial score (nSPS) is 11.7. The lowest BCUT2D eigenvalue weighted by atomic mass is 9.99. The lowest BCUT2D eigenvalue weighted by molar-refractivity contribution is 0.669. The minimum absolute atomic E-state index is 0.580. The van der Waals surface area contributed by atoms with Crippen LogP contribution in [0.5, 0.6) is 0 Å². The Labute approximate surface area is 309 Å². The van der Waals surface area contributed by atoms with Crippen LogP contribution in [0.4, 0.5) is 0 Å². The van der Waals surface area contributed by atoms with Gasteiger partial charge in [0.1, 0.15) is 22.3 Å². The van der Waals surface area contributed by atoms with Crippen LogP contribution >= 0.6 is 0 Å². The SMILES string of the molecule is c1ccc(-c2cccc(-c3nc(-c4ccc5oc6c7ccccc7ccc6c5c4)nc(-c4ccc5oc6cccc(-c7ccccc7)c6c5c4)n3)c2)cc1. The Hall–Kier alpha value is -7.37. The van der Waals surface area contributed by atoms with Crippen molar-refractivity contribution >= 4 is 54.6 Å². The van der Waals surface area contributed by atoms with Crippen molar-refractivity contribution in [3.05, 3.63) is 176 Å². The third-order valence-corrected chi connectivity index (χ3v) is 10.3. The van der Waals surface area contributed by atoms with E-state index < -0.39 is 0 Å². The van der Waals surface area contributed by atoms with Crippen LogP contribution in [0.3, 0.4) is 0 Å². The van der Waals surface area contributed by atoms with Crippen LogP contribution < -0.4 is 0 Å². The van der Waals surface area contributed by atoms with Crippen LogP contribution in [0.1, 0.15) is 0 Å². The van der Waals surface area contributed by atoms with Gasteiger partial charge in [-0.15, -0.1) is 0 Å². The van der Waals surface area contributed by atoms with Gasteiger partial charge < -0.3 is 8.83 Å². The van der Waals surface area contributed by atoms with Crippen molar-refractivity contribution < 1.29 is 8.83 Å². The molecule has 3 aromatic heterocycles. The zero-order valence-electron chi connectivity index (χ0n) is 28.9. The molecule has 5 nitrogen and oxygen atoms in total. The molecule has 0 saturated heterocycles. The Morgan fingerprint density at radius 1 is 0.315 bits per heavy atom. The maximum Gasteiger partial charge on any atom is 0.164 e. The molecule has 0 saturated carbocycles. The third kappa shape index (κ3) is 4.98. The largest absolute Gasteiger partial charge is 0.456 e. The van der Waals surface area contributed by atoms with Crippen LogP contribution in [-0.2, 0) is 0 Å². The number of furan rings is 2. The van der Waals surface area contributed by atoms with Gasteiger partial charge in [-0.3, -0.25) is 0 Å². The van der Waals surface area contributed by atoms with E-state index in [1.54, 1.807) is 0 Å². The van der Waals surface area contributed by atoms with Crippen molar-refractivity contribution in [3.63, 3.8) is 0 Å². The summed E-state index contributed by atoms with van der Waals surface area (Å²) in [5.74, 6) is 1.76. The van der Waals surface area contributed by atoms with Gasteiger partial charge in [-0.05, 0) is 82.2 Å². The van der Waals surface area contributed by atoms with Gasteiger partial charge >= 0.3 is 0 Å². The Bertz CT molecular complexity index is 3220. The number of aromatic nitrogens is 3. The maximum absolute atomic E-state index is 6.45. The highest BCUT2D eigenvalue weighted by molar-refractivity contribution is 6.16. The van der Waals surface area contributed by atoms with Gasteiger partial charge in [-0.25, -0.2) is 15.0 Å². The first-order chi connectivity index (χ1) is 26.7. The molecule has 0 spiro atoms. The molecular formula is C49H29N3O2. The standard InChI is InChI=1S/C49H29N3O2/c1-3-11-30(12-4-1)33-16-9-17-34(27-33)47-50-48(35-22-25-42-40(28-35)39-24-21-32-15-7-8-18-38(32)46(39)54-42)52-49(51-47)36-23-26-43-41(29-36)45-37(19-10-20-44(45)53-43)31-13-5-2-6-14-31/h1-29H. The third-order valence-electron chi connectivity index (χ3n) is 10.3. The first kappa shape index (κ1) is 30.3. The van der Waals surface area contributed by atoms with E-state index in [0.29, 0.717) is 17.5 Å². The van der Waals surface area contributed by atoms with E-state index >= 15 is 0 Å².